The van der Waals surface area contributed by atoms with E-state index in [1.807, 2.05) is 12.1 Å². The van der Waals surface area contributed by atoms with Crippen LogP contribution in [0.3, 0.4) is 0 Å². The molecule has 0 spiro atoms. The van der Waals surface area contributed by atoms with E-state index in [2.05, 4.69) is 39.8 Å². The minimum Gasteiger partial charge on any atom is -0.345 e. The number of rotatable bonds is 2. The van der Waals surface area contributed by atoms with Gasteiger partial charge in [-0.25, -0.2) is 0 Å². The molecule has 1 aliphatic rings. The number of aryl methyl sites for hydroxylation is 1. The normalized spacial score (nSPS) is 15.9. The molecule has 2 rings (SSSR count). The van der Waals surface area contributed by atoms with Gasteiger partial charge in [0.15, 0.2) is 5.11 Å². The predicted molar refractivity (Wildman–Crippen MR) is 78.9 cm³/mol. The van der Waals surface area contributed by atoms with Crippen LogP contribution in [0.5, 0.6) is 0 Å². The molecule has 18 heavy (non-hydrogen) atoms. The fourth-order valence-corrected chi connectivity index (χ4v) is 1.99. The molecule has 1 aromatic rings. The molecule has 0 aromatic heterocycles. The van der Waals surface area contributed by atoms with Crippen LogP contribution in [0.1, 0.15) is 11.1 Å². The fourth-order valence-electron chi connectivity index (χ4n) is 1.75. The summed E-state index contributed by atoms with van der Waals surface area (Å²) in [4.78, 5) is 2.12. The molecule has 0 bridgehead atoms. The van der Waals surface area contributed by atoms with Crippen LogP contribution < -0.4 is 10.7 Å². The molecule has 5 heteroatoms. The van der Waals surface area contributed by atoms with Gasteiger partial charge in [0.2, 0.25) is 0 Å². The number of piperazine rings is 1. The predicted octanol–water partition coefficient (Wildman–Crippen LogP) is 1.11. The Bertz CT molecular complexity index is 421. The van der Waals surface area contributed by atoms with Gasteiger partial charge in [0.25, 0.3) is 0 Å². The van der Waals surface area contributed by atoms with Crippen LogP contribution >= 0.6 is 12.2 Å². The first kappa shape index (κ1) is 13.0. The first-order valence-corrected chi connectivity index (χ1v) is 6.52. The maximum absolute atomic E-state index is 5.28. The third kappa shape index (κ3) is 3.78. The van der Waals surface area contributed by atoms with Crippen molar-refractivity contribution in [3.63, 3.8) is 0 Å². The van der Waals surface area contributed by atoms with Crippen molar-refractivity contribution < 1.29 is 0 Å². The second kappa shape index (κ2) is 6.47. The molecular weight excluding hydrogens is 244 g/mol. The smallest absolute Gasteiger partial charge is 0.189 e. The van der Waals surface area contributed by atoms with Crippen LogP contribution in [0.2, 0.25) is 0 Å². The van der Waals surface area contributed by atoms with Gasteiger partial charge >= 0.3 is 0 Å². The minimum absolute atomic E-state index is 0.694. The van der Waals surface area contributed by atoms with Crippen molar-refractivity contribution >= 4 is 23.5 Å². The van der Waals surface area contributed by atoms with Gasteiger partial charge in [-0.2, -0.15) is 5.10 Å². The highest BCUT2D eigenvalue weighted by Crippen LogP contribution is 2.00. The molecule has 2 N–H and O–H groups in total. The lowest BCUT2D eigenvalue weighted by atomic mass is 10.2. The lowest BCUT2D eigenvalue weighted by molar-refractivity contribution is 0.353. The Labute approximate surface area is 113 Å². The number of hydrogen-bond acceptors (Lipinski definition) is 3. The van der Waals surface area contributed by atoms with Gasteiger partial charge in [-0.05, 0) is 24.7 Å². The van der Waals surface area contributed by atoms with E-state index in [0.29, 0.717) is 5.11 Å². The van der Waals surface area contributed by atoms with E-state index in [1.54, 1.807) is 6.21 Å². The van der Waals surface area contributed by atoms with Gasteiger partial charge in [-0.3, -0.25) is 5.43 Å². The number of hydrazone groups is 1. The van der Waals surface area contributed by atoms with Crippen LogP contribution in [0.15, 0.2) is 29.4 Å². The molecule has 1 aromatic carbocycles. The van der Waals surface area contributed by atoms with Crippen molar-refractivity contribution in [2.24, 2.45) is 5.10 Å². The molecule has 1 aliphatic heterocycles. The second-order valence-corrected chi connectivity index (χ2v) is 4.71. The van der Waals surface area contributed by atoms with Gasteiger partial charge in [-0.1, -0.05) is 29.8 Å². The molecule has 0 atom stereocenters. The average molecular weight is 262 g/mol. The first-order valence-electron chi connectivity index (χ1n) is 6.11. The van der Waals surface area contributed by atoms with Gasteiger partial charge in [-0.15, -0.1) is 0 Å². The summed E-state index contributed by atoms with van der Waals surface area (Å²) in [6, 6.07) is 8.20. The van der Waals surface area contributed by atoms with E-state index in [-0.39, 0.29) is 0 Å². The standard InChI is InChI=1S/C13H18N4S/c1-11-2-4-12(5-3-11)10-15-16-13(18)17-8-6-14-7-9-17/h2-5,10,14H,6-9H2,1H3,(H,16,18)/b15-10+. The lowest BCUT2D eigenvalue weighted by Crippen LogP contribution is -2.49. The highest BCUT2D eigenvalue weighted by atomic mass is 32.1. The van der Waals surface area contributed by atoms with Crippen molar-refractivity contribution in [1.29, 1.82) is 0 Å². The molecular formula is C13H18N4S. The third-order valence-corrected chi connectivity index (χ3v) is 3.20. The van der Waals surface area contributed by atoms with Crippen molar-refractivity contribution in [3.8, 4) is 0 Å². The topological polar surface area (TPSA) is 39.7 Å². The summed E-state index contributed by atoms with van der Waals surface area (Å²) in [6.45, 7) is 5.89. The highest BCUT2D eigenvalue weighted by molar-refractivity contribution is 7.80. The average Bonchev–Trinajstić information content (AvgIpc) is 2.42. The van der Waals surface area contributed by atoms with Crippen LogP contribution in [0.25, 0.3) is 0 Å². The van der Waals surface area contributed by atoms with Crippen LogP contribution in [0.4, 0.5) is 0 Å². The number of hydrogen-bond donors (Lipinski definition) is 2. The summed E-state index contributed by atoms with van der Waals surface area (Å²) >= 11 is 5.28. The van der Waals surface area contributed by atoms with E-state index in [0.717, 1.165) is 31.7 Å². The maximum atomic E-state index is 5.28. The van der Waals surface area contributed by atoms with Crippen molar-refractivity contribution in [2.45, 2.75) is 6.92 Å². The van der Waals surface area contributed by atoms with E-state index in [1.165, 1.54) is 5.56 Å². The lowest BCUT2D eigenvalue weighted by Gasteiger charge is -2.28. The molecule has 0 radical (unpaired) electrons. The summed E-state index contributed by atoms with van der Waals surface area (Å²) in [5.41, 5.74) is 5.23. The van der Waals surface area contributed by atoms with E-state index >= 15 is 0 Å². The summed E-state index contributed by atoms with van der Waals surface area (Å²) in [5, 5.41) is 8.15. The molecule has 0 saturated carbocycles. The molecule has 96 valence electrons. The monoisotopic (exact) mass is 262 g/mol. The quantitative estimate of drug-likeness (QED) is 0.476. The Morgan fingerprint density at radius 3 is 2.67 bits per heavy atom. The highest BCUT2D eigenvalue weighted by Gasteiger charge is 2.11. The Hall–Kier alpha value is -1.46. The van der Waals surface area contributed by atoms with Crippen molar-refractivity contribution in [3.05, 3.63) is 35.4 Å². The number of thiocarbonyl (C=S) groups is 1. The first-order chi connectivity index (χ1) is 8.75. The summed E-state index contributed by atoms with van der Waals surface area (Å²) < 4.78 is 0. The number of benzene rings is 1. The number of nitrogens with one attached hydrogen (secondary N) is 2. The Morgan fingerprint density at radius 1 is 1.33 bits per heavy atom. The Kier molecular flexibility index (Phi) is 4.66. The summed E-state index contributed by atoms with van der Waals surface area (Å²) in [5.74, 6) is 0. The van der Waals surface area contributed by atoms with Gasteiger partial charge in [0.05, 0.1) is 6.21 Å². The van der Waals surface area contributed by atoms with E-state index in [9.17, 15) is 0 Å². The fraction of sp³-hybridized carbons (Fsp3) is 0.385. The van der Waals surface area contributed by atoms with Crippen LogP contribution in [0, 0.1) is 6.92 Å². The summed E-state index contributed by atoms with van der Waals surface area (Å²) in [6.07, 6.45) is 1.79. The molecule has 1 fully saturated rings. The van der Waals surface area contributed by atoms with Crippen LogP contribution in [-0.2, 0) is 0 Å². The minimum atomic E-state index is 0.694. The second-order valence-electron chi connectivity index (χ2n) is 4.32. The SMILES string of the molecule is Cc1ccc(/C=N/NC(=S)N2CCNCC2)cc1. The van der Waals surface area contributed by atoms with E-state index in [4.69, 9.17) is 12.2 Å². The Morgan fingerprint density at radius 2 is 2.00 bits per heavy atom. The van der Waals surface area contributed by atoms with Gasteiger partial charge in [0, 0.05) is 26.2 Å². The summed E-state index contributed by atoms with van der Waals surface area (Å²) in [7, 11) is 0. The zero-order chi connectivity index (χ0) is 12.8. The molecule has 0 aliphatic carbocycles. The Balaban J connectivity index is 1.83. The number of nitrogens with zero attached hydrogens (tertiary/aromatic N) is 2. The molecule has 1 heterocycles. The molecule has 1 saturated heterocycles. The third-order valence-electron chi connectivity index (χ3n) is 2.86. The molecule has 4 nitrogen and oxygen atoms in total. The van der Waals surface area contributed by atoms with Crippen LogP contribution in [-0.4, -0.2) is 42.4 Å². The van der Waals surface area contributed by atoms with Crippen molar-refractivity contribution in [2.75, 3.05) is 26.2 Å². The van der Waals surface area contributed by atoms with Gasteiger partial charge in [0.1, 0.15) is 0 Å². The largest absolute Gasteiger partial charge is 0.345 e. The molecule has 0 amide bonds. The molecule has 0 unspecified atom stereocenters. The maximum Gasteiger partial charge on any atom is 0.189 e. The van der Waals surface area contributed by atoms with Crippen molar-refractivity contribution in [1.82, 2.24) is 15.6 Å². The van der Waals surface area contributed by atoms with E-state index < -0.39 is 0 Å². The zero-order valence-electron chi connectivity index (χ0n) is 10.5. The zero-order valence-corrected chi connectivity index (χ0v) is 11.3. The van der Waals surface area contributed by atoms with Gasteiger partial charge < -0.3 is 10.2 Å².